The number of hydrogen-bond donors (Lipinski definition) is 3. The molecule has 0 radical (unpaired) electrons. The quantitative estimate of drug-likeness (QED) is 0.771. The molecule has 1 unspecified atom stereocenters. The first-order valence-corrected chi connectivity index (χ1v) is 7.23. The molecule has 1 aliphatic rings. The van der Waals surface area contributed by atoms with E-state index in [1.54, 1.807) is 0 Å². The molecule has 5 nitrogen and oxygen atoms in total. The summed E-state index contributed by atoms with van der Waals surface area (Å²) in [4.78, 5) is 23.6. The van der Waals surface area contributed by atoms with Crippen LogP contribution >= 0.6 is 0 Å². The molecule has 0 bridgehead atoms. The van der Waals surface area contributed by atoms with Crippen LogP contribution in [0, 0.1) is 5.92 Å². The first-order valence-electron chi connectivity index (χ1n) is 7.23. The standard InChI is InChI=1S/C16H22N2O3/c1-9(2)14(17-10(3)19)16(21)18-15-12-7-5-4-6-11(12)8-13(15)20/h4-7,9,13-15,20H,8H2,1-3H3,(H,17,19)(H,18,21)/t13-,14?,15+/m0/s1. The average molecular weight is 290 g/mol. The second kappa shape index (κ2) is 6.26. The van der Waals surface area contributed by atoms with E-state index >= 15 is 0 Å². The van der Waals surface area contributed by atoms with Crippen LogP contribution in [0.3, 0.4) is 0 Å². The zero-order valence-electron chi connectivity index (χ0n) is 12.6. The molecule has 114 valence electrons. The molecule has 2 rings (SSSR count). The van der Waals surface area contributed by atoms with Crippen molar-refractivity contribution in [3.05, 3.63) is 35.4 Å². The highest BCUT2D eigenvalue weighted by atomic mass is 16.3. The van der Waals surface area contributed by atoms with Gasteiger partial charge in [-0.2, -0.15) is 0 Å². The van der Waals surface area contributed by atoms with E-state index in [-0.39, 0.29) is 17.7 Å². The van der Waals surface area contributed by atoms with E-state index < -0.39 is 18.2 Å². The summed E-state index contributed by atoms with van der Waals surface area (Å²) in [6.07, 6.45) is -0.0929. The number of fused-ring (bicyclic) bond motifs is 1. The smallest absolute Gasteiger partial charge is 0.243 e. The van der Waals surface area contributed by atoms with Crippen molar-refractivity contribution in [2.24, 2.45) is 5.92 Å². The predicted octanol–water partition coefficient (Wildman–Crippen LogP) is 0.922. The van der Waals surface area contributed by atoms with E-state index in [2.05, 4.69) is 10.6 Å². The lowest BCUT2D eigenvalue weighted by molar-refractivity contribution is -0.130. The van der Waals surface area contributed by atoms with Crippen LogP contribution in [0.4, 0.5) is 0 Å². The van der Waals surface area contributed by atoms with Crippen LogP contribution in [0.15, 0.2) is 24.3 Å². The average Bonchev–Trinajstić information content (AvgIpc) is 2.72. The third-order valence-corrected chi connectivity index (χ3v) is 3.81. The largest absolute Gasteiger partial charge is 0.390 e. The van der Waals surface area contributed by atoms with Crippen LogP contribution in [0.2, 0.25) is 0 Å². The first kappa shape index (κ1) is 15.5. The van der Waals surface area contributed by atoms with Gasteiger partial charge in [0.25, 0.3) is 0 Å². The van der Waals surface area contributed by atoms with E-state index in [1.807, 2.05) is 38.1 Å². The van der Waals surface area contributed by atoms with Crippen molar-refractivity contribution in [2.75, 3.05) is 0 Å². The Morgan fingerprint density at radius 1 is 1.29 bits per heavy atom. The van der Waals surface area contributed by atoms with Crippen molar-refractivity contribution in [2.45, 2.75) is 45.4 Å². The van der Waals surface area contributed by atoms with Crippen LogP contribution in [0.1, 0.15) is 37.9 Å². The molecular formula is C16H22N2O3. The van der Waals surface area contributed by atoms with Crippen molar-refractivity contribution in [1.29, 1.82) is 0 Å². The Kier molecular flexibility index (Phi) is 4.63. The van der Waals surface area contributed by atoms with Gasteiger partial charge < -0.3 is 15.7 Å². The summed E-state index contributed by atoms with van der Waals surface area (Å²) in [5.74, 6) is -0.528. The highest BCUT2D eigenvalue weighted by Crippen LogP contribution is 2.31. The van der Waals surface area contributed by atoms with Crippen LogP contribution in [0.25, 0.3) is 0 Å². The first-order chi connectivity index (χ1) is 9.90. The number of carbonyl (C=O) groups is 2. The Balaban J connectivity index is 2.13. The van der Waals surface area contributed by atoms with Gasteiger partial charge in [-0.3, -0.25) is 9.59 Å². The van der Waals surface area contributed by atoms with Gasteiger partial charge in [0.15, 0.2) is 0 Å². The fourth-order valence-electron chi connectivity index (χ4n) is 2.74. The van der Waals surface area contributed by atoms with E-state index in [0.29, 0.717) is 6.42 Å². The second-order valence-corrected chi connectivity index (χ2v) is 5.88. The van der Waals surface area contributed by atoms with Crippen molar-refractivity contribution < 1.29 is 14.7 Å². The maximum atomic E-state index is 12.4. The molecule has 0 spiro atoms. The predicted molar refractivity (Wildman–Crippen MR) is 79.5 cm³/mol. The van der Waals surface area contributed by atoms with Crippen molar-refractivity contribution >= 4 is 11.8 Å². The van der Waals surface area contributed by atoms with Gasteiger partial charge in [-0.05, 0) is 17.0 Å². The van der Waals surface area contributed by atoms with Gasteiger partial charge in [-0.15, -0.1) is 0 Å². The molecule has 0 aromatic heterocycles. The molecule has 0 saturated carbocycles. The lowest BCUT2D eigenvalue weighted by Gasteiger charge is -2.25. The van der Waals surface area contributed by atoms with Gasteiger partial charge in [-0.1, -0.05) is 38.1 Å². The van der Waals surface area contributed by atoms with Crippen molar-refractivity contribution in [3.8, 4) is 0 Å². The molecule has 1 aromatic carbocycles. The van der Waals surface area contributed by atoms with Gasteiger partial charge in [-0.25, -0.2) is 0 Å². The topological polar surface area (TPSA) is 78.4 Å². The Morgan fingerprint density at radius 2 is 1.95 bits per heavy atom. The molecule has 1 aromatic rings. The minimum absolute atomic E-state index is 0.0253. The van der Waals surface area contributed by atoms with Gasteiger partial charge in [0.05, 0.1) is 12.1 Å². The number of rotatable bonds is 4. The van der Waals surface area contributed by atoms with Gasteiger partial charge in [0.2, 0.25) is 11.8 Å². The number of aliphatic hydroxyl groups is 1. The maximum absolute atomic E-state index is 12.4. The SMILES string of the molecule is CC(=O)NC(C(=O)N[C@@H]1c2ccccc2C[C@@H]1O)C(C)C. The number of carbonyl (C=O) groups excluding carboxylic acids is 2. The molecule has 5 heteroatoms. The van der Waals surface area contributed by atoms with Crippen LogP contribution in [-0.2, 0) is 16.0 Å². The highest BCUT2D eigenvalue weighted by Gasteiger charge is 2.34. The van der Waals surface area contributed by atoms with Crippen molar-refractivity contribution in [1.82, 2.24) is 10.6 Å². The molecule has 1 aliphatic carbocycles. The number of amides is 2. The fraction of sp³-hybridized carbons (Fsp3) is 0.500. The monoisotopic (exact) mass is 290 g/mol. The normalized spacial score (nSPS) is 21.8. The maximum Gasteiger partial charge on any atom is 0.243 e. The Hall–Kier alpha value is -1.88. The number of benzene rings is 1. The summed E-state index contributed by atoms with van der Waals surface area (Å²) in [7, 11) is 0. The summed E-state index contributed by atoms with van der Waals surface area (Å²) in [5.41, 5.74) is 2.00. The Bertz CT molecular complexity index is 542. The molecule has 0 saturated heterocycles. The minimum Gasteiger partial charge on any atom is -0.390 e. The van der Waals surface area contributed by atoms with Crippen LogP contribution in [0.5, 0.6) is 0 Å². The summed E-state index contributed by atoms with van der Waals surface area (Å²) >= 11 is 0. The summed E-state index contributed by atoms with van der Waals surface area (Å²) in [6, 6.07) is 6.68. The van der Waals surface area contributed by atoms with Gasteiger partial charge >= 0.3 is 0 Å². The summed E-state index contributed by atoms with van der Waals surface area (Å²) in [6.45, 7) is 5.14. The molecule has 0 heterocycles. The summed E-state index contributed by atoms with van der Waals surface area (Å²) in [5, 5.41) is 15.7. The van der Waals surface area contributed by atoms with Crippen LogP contribution in [-0.4, -0.2) is 29.1 Å². The van der Waals surface area contributed by atoms with E-state index in [1.165, 1.54) is 6.92 Å². The molecule has 2 amide bonds. The molecular weight excluding hydrogens is 268 g/mol. The lowest BCUT2D eigenvalue weighted by atomic mass is 10.0. The van der Waals surface area contributed by atoms with Gasteiger partial charge in [0.1, 0.15) is 6.04 Å². The summed E-state index contributed by atoms with van der Waals surface area (Å²) < 4.78 is 0. The fourth-order valence-corrected chi connectivity index (χ4v) is 2.74. The molecule has 3 N–H and O–H groups in total. The molecule has 21 heavy (non-hydrogen) atoms. The second-order valence-electron chi connectivity index (χ2n) is 5.88. The molecule has 0 aliphatic heterocycles. The van der Waals surface area contributed by atoms with E-state index in [0.717, 1.165) is 11.1 Å². The highest BCUT2D eigenvalue weighted by molar-refractivity contribution is 5.87. The molecule has 3 atom stereocenters. The zero-order valence-corrected chi connectivity index (χ0v) is 12.6. The third kappa shape index (κ3) is 3.42. The van der Waals surface area contributed by atoms with E-state index in [4.69, 9.17) is 0 Å². The number of aliphatic hydroxyl groups excluding tert-OH is 1. The lowest BCUT2D eigenvalue weighted by Crippen LogP contribution is -2.50. The number of nitrogens with one attached hydrogen (secondary N) is 2. The minimum atomic E-state index is -0.628. The Morgan fingerprint density at radius 3 is 2.57 bits per heavy atom. The van der Waals surface area contributed by atoms with Crippen molar-refractivity contribution in [3.63, 3.8) is 0 Å². The molecule has 0 fully saturated rings. The van der Waals surface area contributed by atoms with E-state index in [9.17, 15) is 14.7 Å². The zero-order chi connectivity index (χ0) is 15.6. The Labute approximate surface area is 124 Å². The third-order valence-electron chi connectivity index (χ3n) is 3.81. The van der Waals surface area contributed by atoms with Crippen LogP contribution < -0.4 is 10.6 Å². The van der Waals surface area contributed by atoms with Gasteiger partial charge in [0, 0.05) is 13.3 Å². The number of hydrogen-bond acceptors (Lipinski definition) is 3.